The van der Waals surface area contributed by atoms with Crippen molar-refractivity contribution in [3.63, 3.8) is 0 Å². The van der Waals surface area contributed by atoms with Crippen LogP contribution in [0.3, 0.4) is 0 Å². The lowest BCUT2D eigenvalue weighted by atomic mass is 10.1. The molecule has 4 rings (SSSR count). The molecule has 4 aromatic carbocycles. The zero-order valence-corrected chi connectivity index (χ0v) is 28.0. The van der Waals surface area contributed by atoms with Crippen molar-refractivity contribution < 1.29 is 48.4 Å². The third-order valence-corrected chi connectivity index (χ3v) is 9.51. The number of nitrogens with two attached hydrogens (primary N) is 2. The fourth-order valence-electron chi connectivity index (χ4n) is 4.04. The highest BCUT2D eigenvalue weighted by molar-refractivity contribution is 7.91. The molecule has 0 aliphatic carbocycles. The maximum Gasteiger partial charge on any atom is 0.397 e. The number of benzene rings is 4. The van der Waals surface area contributed by atoms with Crippen LogP contribution in [0.4, 0.5) is 45.5 Å². The number of aryl methyl sites for hydroxylation is 1. The van der Waals surface area contributed by atoms with Crippen molar-refractivity contribution in [3.8, 4) is 0 Å². The molecule has 19 nitrogen and oxygen atoms in total. The number of carboxylic acid groups (broad SMARTS) is 1. The topological polar surface area (TPSA) is 316 Å². The van der Waals surface area contributed by atoms with E-state index in [1.165, 1.54) is 30.3 Å². The molecular formula is C28H26N8O11S3. The molecule has 0 saturated carbocycles. The van der Waals surface area contributed by atoms with Crippen molar-refractivity contribution in [2.45, 2.75) is 16.7 Å². The van der Waals surface area contributed by atoms with Crippen molar-refractivity contribution in [2.75, 3.05) is 23.8 Å². The summed E-state index contributed by atoms with van der Waals surface area (Å²) in [6.45, 7) is 1.00. The summed E-state index contributed by atoms with van der Waals surface area (Å²) < 4.78 is 92.5. The number of carbonyl (C=O) groups is 1. The Morgan fingerprint density at radius 3 is 1.72 bits per heavy atom. The maximum absolute atomic E-state index is 12.6. The van der Waals surface area contributed by atoms with Crippen LogP contribution in [0, 0.1) is 6.92 Å². The SMILES string of the molecule is Cc1ccc(N=Nc2c(N)c(N=Nc3ccc(S(=O)(=O)CCOS(=O)(=O)O)cc3)c(N)c(N=Nc3ccccc3S(=O)(=O)O)c2C(=O)O)cc1. The highest BCUT2D eigenvalue weighted by Gasteiger charge is 2.27. The standard InChI is InChI=1S/C28H26N8O11S3/c1-16-6-8-17(9-7-16)31-34-25-22(28(37)38)26(35-33-20-4-2-3-5-21(20)49(41,42)43)24(30)27(23(25)29)36-32-18-10-12-19(13-11-18)48(39,40)15-14-47-50(44,45)46/h2-13H,14-15,29-30H2,1H3,(H,37,38)(H,41,42,43)(H,44,45,46). The molecule has 0 aromatic heterocycles. The normalized spacial score (nSPS) is 12.7. The average Bonchev–Trinajstić information content (AvgIpc) is 3.03. The Kier molecular flexibility index (Phi) is 11.1. The Morgan fingerprint density at radius 1 is 0.700 bits per heavy atom. The minimum absolute atomic E-state index is 0.0485. The maximum atomic E-state index is 12.6. The number of rotatable bonds is 13. The number of carboxylic acids is 1. The van der Waals surface area contributed by atoms with Gasteiger partial charge in [-0.3, -0.25) is 9.11 Å². The Bertz CT molecular complexity index is 2360. The molecule has 0 aliphatic rings. The van der Waals surface area contributed by atoms with Crippen molar-refractivity contribution in [2.24, 2.45) is 30.7 Å². The summed E-state index contributed by atoms with van der Waals surface area (Å²) in [6.07, 6.45) is 0. The lowest BCUT2D eigenvalue weighted by Crippen LogP contribution is -2.15. The van der Waals surface area contributed by atoms with Gasteiger partial charge in [0.2, 0.25) is 0 Å². The lowest BCUT2D eigenvalue weighted by molar-refractivity contribution is 0.0698. The van der Waals surface area contributed by atoms with Gasteiger partial charge in [-0.1, -0.05) is 29.8 Å². The zero-order chi connectivity index (χ0) is 36.9. The van der Waals surface area contributed by atoms with E-state index in [1.54, 1.807) is 24.3 Å². The molecule has 0 aliphatic heterocycles. The second kappa shape index (κ2) is 14.9. The molecule has 0 atom stereocenters. The first-order chi connectivity index (χ1) is 23.4. The van der Waals surface area contributed by atoms with E-state index >= 15 is 0 Å². The highest BCUT2D eigenvalue weighted by Crippen LogP contribution is 2.49. The van der Waals surface area contributed by atoms with Crippen LogP contribution in [0.1, 0.15) is 15.9 Å². The molecule has 0 fully saturated rings. The molecule has 0 radical (unpaired) electrons. The molecule has 262 valence electrons. The number of sulfone groups is 1. The average molecular weight is 747 g/mol. The summed E-state index contributed by atoms with van der Waals surface area (Å²) in [6, 6.07) is 16.3. The molecular weight excluding hydrogens is 721 g/mol. The Hall–Kier alpha value is -5.52. The fourth-order valence-corrected chi connectivity index (χ4v) is 6.16. The number of nitrogens with zero attached hydrogens (tertiary/aromatic N) is 6. The van der Waals surface area contributed by atoms with E-state index in [1.807, 2.05) is 6.92 Å². The van der Waals surface area contributed by atoms with E-state index < -0.39 is 81.9 Å². The van der Waals surface area contributed by atoms with Gasteiger partial charge in [-0.05, 0) is 55.5 Å². The molecule has 4 aromatic rings. The van der Waals surface area contributed by atoms with E-state index in [9.17, 15) is 39.7 Å². The van der Waals surface area contributed by atoms with Crippen LogP contribution in [0.15, 0.2) is 113 Å². The highest BCUT2D eigenvalue weighted by atomic mass is 32.3. The van der Waals surface area contributed by atoms with Gasteiger partial charge >= 0.3 is 16.4 Å². The van der Waals surface area contributed by atoms with E-state index in [0.29, 0.717) is 5.69 Å². The van der Waals surface area contributed by atoms with Gasteiger partial charge in [0.05, 0.1) is 40.0 Å². The van der Waals surface area contributed by atoms with Crippen molar-refractivity contribution >= 4 is 81.8 Å². The van der Waals surface area contributed by atoms with Gasteiger partial charge in [-0.15, -0.1) is 20.5 Å². The van der Waals surface area contributed by atoms with E-state index in [4.69, 9.17) is 16.0 Å². The Balaban J connectivity index is 1.83. The van der Waals surface area contributed by atoms with Crippen LogP contribution in [0.2, 0.25) is 0 Å². The van der Waals surface area contributed by atoms with Gasteiger partial charge < -0.3 is 16.6 Å². The smallest absolute Gasteiger partial charge is 0.397 e. The van der Waals surface area contributed by atoms with Gasteiger partial charge in [0, 0.05) is 0 Å². The fraction of sp³-hybridized carbons (Fsp3) is 0.107. The summed E-state index contributed by atoms with van der Waals surface area (Å²) in [7, 11) is -13.7. The number of hydrogen-bond donors (Lipinski definition) is 5. The minimum atomic E-state index is -4.84. The lowest BCUT2D eigenvalue weighted by Gasteiger charge is -2.13. The second-order valence-corrected chi connectivity index (χ2v) is 14.6. The van der Waals surface area contributed by atoms with Gasteiger partial charge in [-0.25, -0.2) is 17.4 Å². The molecule has 0 amide bonds. The van der Waals surface area contributed by atoms with Crippen LogP contribution < -0.4 is 11.5 Å². The minimum Gasteiger partial charge on any atom is -0.478 e. The molecule has 22 heteroatoms. The van der Waals surface area contributed by atoms with Crippen LogP contribution in [0.25, 0.3) is 0 Å². The van der Waals surface area contributed by atoms with Gasteiger partial charge in [-0.2, -0.15) is 27.1 Å². The van der Waals surface area contributed by atoms with Crippen LogP contribution >= 0.6 is 0 Å². The number of hydrogen-bond acceptors (Lipinski definition) is 16. The zero-order valence-electron chi connectivity index (χ0n) is 25.5. The van der Waals surface area contributed by atoms with Crippen molar-refractivity contribution in [3.05, 3.63) is 83.9 Å². The van der Waals surface area contributed by atoms with Crippen LogP contribution in [-0.2, 0) is 34.5 Å². The van der Waals surface area contributed by atoms with Gasteiger partial charge in [0.25, 0.3) is 10.1 Å². The van der Waals surface area contributed by atoms with Crippen molar-refractivity contribution in [1.29, 1.82) is 0 Å². The summed E-state index contributed by atoms with van der Waals surface area (Å²) in [5.74, 6) is -2.40. The summed E-state index contributed by atoms with van der Waals surface area (Å²) >= 11 is 0. The van der Waals surface area contributed by atoms with E-state index in [-0.39, 0.29) is 22.0 Å². The number of nitrogen functional groups attached to an aromatic ring is 2. The molecule has 0 saturated heterocycles. The predicted octanol–water partition coefficient (Wildman–Crippen LogP) is 5.94. The van der Waals surface area contributed by atoms with Crippen LogP contribution in [-0.4, -0.2) is 57.8 Å². The van der Waals surface area contributed by atoms with E-state index in [2.05, 4.69) is 34.9 Å². The summed E-state index contributed by atoms with van der Waals surface area (Å²) in [5.41, 5.74) is 10.5. The Labute approximate surface area is 284 Å². The first-order valence-corrected chi connectivity index (χ1v) is 18.1. The second-order valence-electron chi connectivity index (χ2n) is 9.99. The van der Waals surface area contributed by atoms with Crippen molar-refractivity contribution in [1.82, 2.24) is 0 Å². The summed E-state index contributed by atoms with van der Waals surface area (Å²) in [4.78, 5) is 11.7. The van der Waals surface area contributed by atoms with E-state index in [0.717, 1.165) is 23.8 Å². The largest absolute Gasteiger partial charge is 0.478 e. The number of aromatic carboxylic acids is 1. The Morgan fingerprint density at radius 2 is 1.20 bits per heavy atom. The monoisotopic (exact) mass is 746 g/mol. The third-order valence-electron chi connectivity index (χ3n) is 6.45. The van der Waals surface area contributed by atoms with Crippen LogP contribution in [0.5, 0.6) is 0 Å². The molecule has 0 heterocycles. The quantitative estimate of drug-likeness (QED) is 0.0601. The molecule has 0 bridgehead atoms. The number of azo groups is 3. The predicted molar refractivity (Wildman–Crippen MR) is 178 cm³/mol. The molecule has 0 unspecified atom stereocenters. The van der Waals surface area contributed by atoms with Gasteiger partial charge in [0.15, 0.2) is 9.84 Å². The summed E-state index contributed by atoms with van der Waals surface area (Å²) in [5, 5.41) is 34.0. The first-order valence-electron chi connectivity index (χ1n) is 13.7. The third kappa shape index (κ3) is 9.34. The molecule has 50 heavy (non-hydrogen) atoms. The molecule has 0 spiro atoms. The molecule has 7 N–H and O–H groups in total. The first kappa shape index (κ1) is 37.3. The number of anilines is 2. The van der Waals surface area contributed by atoms with Gasteiger partial charge in [0.1, 0.15) is 33.2 Å².